The fraction of sp³-hybridized carbons (Fsp3) is 0.222. The zero-order chi connectivity index (χ0) is 15.5. The molecule has 1 amide bonds. The quantitative estimate of drug-likeness (QED) is 0.741. The summed E-state index contributed by atoms with van der Waals surface area (Å²) in [4.78, 5) is 19.2. The second kappa shape index (κ2) is 6.02. The van der Waals surface area contributed by atoms with E-state index in [-0.39, 0.29) is 5.91 Å². The molecule has 0 fully saturated rings. The fourth-order valence-electron chi connectivity index (χ4n) is 2.63. The van der Waals surface area contributed by atoms with Gasteiger partial charge in [-0.15, -0.1) is 0 Å². The molecular formula is C18H19N3O. The van der Waals surface area contributed by atoms with Crippen molar-refractivity contribution in [1.29, 1.82) is 0 Å². The Labute approximate surface area is 130 Å². The van der Waals surface area contributed by atoms with E-state index in [4.69, 9.17) is 0 Å². The number of pyridine rings is 1. The largest absolute Gasteiger partial charge is 0.336 e. The van der Waals surface area contributed by atoms with Crippen LogP contribution in [0.3, 0.4) is 0 Å². The molecule has 0 aliphatic heterocycles. The van der Waals surface area contributed by atoms with Crippen molar-refractivity contribution in [2.45, 2.75) is 19.9 Å². The zero-order valence-electron chi connectivity index (χ0n) is 12.9. The minimum Gasteiger partial charge on any atom is -0.336 e. The van der Waals surface area contributed by atoms with E-state index in [9.17, 15) is 4.79 Å². The number of aryl methyl sites for hydroxylation is 1. The predicted octanol–water partition coefficient (Wildman–Crippen LogP) is 3.17. The molecule has 4 nitrogen and oxygen atoms in total. The van der Waals surface area contributed by atoms with Gasteiger partial charge in [0.25, 0.3) is 5.91 Å². The van der Waals surface area contributed by atoms with E-state index < -0.39 is 0 Å². The topological polar surface area (TPSA) is 37.6 Å². The second-order valence-electron chi connectivity index (χ2n) is 5.34. The van der Waals surface area contributed by atoms with E-state index in [0.717, 1.165) is 23.3 Å². The molecule has 0 saturated heterocycles. The highest BCUT2D eigenvalue weighted by atomic mass is 16.2. The first-order valence-electron chi connectivity index (χ1n) is 7.46. The number of carbonyl (C=O) groups excluding carboxylic acids is 1. The van der Waals surface area contributed by atoms with E-state index in [1.807, 2.05) is 73.1 Å². The molecule has 112 valence electrons. The van der Waals surface area contributed by atoms with E-state index in [2.05, 4.69) is 4.98 Å². The Kier molecular flexibility index (Phi) is 3.92. The number of imidazole rings is 1. The lowest BCUT2D eigenvalue weighted by molar-refractivity contribution is 0.0777. The molecule has 0 spiro atoms. The van der Waals surface area contributed by atoms with Gasteiger partial charge >= 0.3 is 0 Å². The number of nitrogens with zero attached hydrogens (tertiary/aromatic N) is 3. The molecule has 3 rings (SSSR count). The first-order chi connectivity index (χ1) is 10.7. The summed E-state index contributed by atoms with van der Waals surface area (Å²) in [5, 5.41) is 0. The maximum atomic E-state index is 12.9. The van der Waals surface area contributed by atoms with Crippen molar-refractivity contribution in [1.82, 2.24) is 14.3 Å². The normalized spacial score (nSPS) is 10.8. The Morgan fingerprint density at radius 2 is 1.86 bits per heavy atom. The summed E-state index contributed by atoms with van der Waals surface area (Å²) < 4.78 is 1.88. The van der Waals surface area contributed by atoms with Gasteiger partial charge in [-0.25, -0.2) is 4.98 Å². The molecule has 22 heavy (non-hydrogen) atoms. The number of hydrogen-bond acceptors (Lipinski definition) is 2. The molecule has 0 bridgehead atoms. The summed E-state index contributed by atoms with van der Waals surface area (Å²) in [6.07, 6.45) is 2.63. The van der Waals surface area contributed by atoms with Crippen LogP contribution in [0.25, 0.3) is 5.65 Å². The summed E-state index contributed by atoms with van der Waals surface area (Å²) in [6, 6.07) is 15.8. The lowest BCUT2D eigenvalue weighted by atomic mass is 10.2. The summed E-state index contributed by atoms with van der Waals surface area (Å²) in [7, 11) is 1.83. The zero-order valence-corrected chi connectivity index (χ0v) is 12.9. The van der Waals surface area contributed by atoms with Gasteiger partial charge in [0.2, 0.25) is 0 Å². The first kappa shape index (κ1) is 14.3. The Bertz CT molecular complexity index is 792. The number of amides is 1. The average Bonchev–Trinajstić information content (AvgIpc) is 2.93. The van der Waals surface area contributed by atoms with Crippen molar-refractivity contribution in [2.75, 3.05) is 7.05 Å². The number of carbonyl (C=O) groups is 1. The van der Waals surface area contributed by atoms with Crippen molar-refractivity contribution in [3.63, 3.8) is 0 Å². The van der Waals surface area contributed by atoms with Crippen LogP contribution in [0.4, 0.5) is 0 Å². The van der Waals surface area contributed by atoms with Crippen LogP contribution in [0.5, 0.6) is 0 Å². The molecule has 0 N–H and O–H groups in total. The summed E-state index contributed by atoms with van der Waals surface area (Å²) in [5.41, 5.74) is 3.44. The SMILES string of the molecule is CCc1nc2ccccn2c1C(=O)N(C)Cc1ccccc1. The Morgan fingerprint density at radius 1 is 1.14 bits per heavy atom. The molecule has 4 heteroatoms. The fourth-order valence-corrected chi connectivity index (χ4v) is 2.63. The van der Waals surface area contributed by atoms with Gasteiger partial charge in [0, 0.05) is 19.8 Å². The van der Waals surface area contributed by atoms with E-state index in [0.29, 0.717) is 12.2 Å². The highest BCUT2D eigenvalue weighted by Gasteiger charge is 2.21. The van der Waals surface area contributed by atoms with Crippen LogP contribution in [0.1, 0.15) is 28.7 Å². The highest BCUT2D eigenvalue weighted by Crippen LogP contribution is 2.16. The van der Waals surface area contributed by atoms with Crippen LogP contribution >= 0.6 is 0 Å². The molecule has 0 saturated carbocycles. The molecule has 2 heterocycles. The molecule has 0 atom stereocenters. The average molecular weight is 293 g/mol. The van der Waals surface area contributed by atoms with Crippen molar-refractivity contribution in [2.24, 2.45) is 0 Å². The number of rotatable bonds is 4. The number of aromatic nitrogens is 2. The van der Waals surface area contributed by atoms with Gasteiger partial charge in [-0.1, -0.05) is 43.3 Å². The molecule has 0 aliphatic rings. The third kappa shape index (κ3) is 2.60. The maximum absolute atomic E-state index is 12.9. The molecular weight excluding hydrogens is 274 g/mol. The highest BCUT2D eigenvalue weighted by molar-refractivity contribution is 5.94. The van der Waals surface area contributed by atoms with Crippen LogP contribution in [0.2, 0.25) is 0 Å². The molecule has 1 aromatic carbocycles. The first-order valence-corrected chi connectivity index (χ1v) is 7.46. The van der Waals surface area contributed by atoms with Crippen molar-refractivity contribution < 1.29 is 4.79 Å². The van der Waals surface area contributed by atoms with Crippen LogP contribution in [0, 0.1) is 0 Å². The van der Waals surface area contributed by atoms with Crippen molar-refractivity contribution in [3.05, 3.63) is 71.7 Å². The predicted molar refractivity (Wildman–Crippen MR) is 86.8 cm³/mol. The number of hydrogen-bond donors (Lipinski definition) is 0. The molecule has 0 aliphatic carbocycles. The standard InChI is InChI=1S/C18H19N3O/c1-3-15-17(21-12-8-7-11-16(21)19-15)18(22)20(2)13-14-9-5-4-6-10-14/h4-12H,3,13H2,1-2H3. The van der Waals surface area contributed by atoms with Gasteiger partial charge in [0.05, 0.1) is 5.69 Å². The monoisotopic (exact) mass is 293 g/mol. The van der Waals surface area contributed by atoms with Crippen LogP contribution < -0.4 is 0 Å². The lowest BCUT2D eigenvalue weighted by Crippen LogP contribution is -2.28. The van der Waals surface area contributed by atoms with Crippen LogP contribution in [0.15, 0.2) is 54.7 Å². The Hall–Kier alpha value is -2.62. The maximum Gasteiger partial charge on any atom is 0.272 e. The minimum absolute atomic E-state index is 0.000553. The Morgan fingerprint density at radius 3 is 2.59 bits per heavy atom. The van der Waals surface area contributed by atoms with Crippen molar-refractivity contribution >= 4 is 11.6 Å². The summed E-state index contributed by atoms with van der Waals surface area (Å²) in [5.74, 6) is -0.000553. The van der Waals surface area contributed by atoms with E-state index >= 15 is 0 Å². The van der Waals surface area contributed by atoms with Gasteiger partial charge in [-0.3, -0.25) is 9.20 Å². The van der Waals surface area contributed by atoms with Crippen molar-refractivity contribution in [3.8, 4) is 0 Å². The third-order valence-electron chi connectivity index (χ3n) is 3.75. The van der Waals surface area contributed by atoms with Gasteiger partial charge in [-0.2, -0.15) is 0 Å². The molecule has 0 radical (unpaired) electrons. The third-order valence-corrected chi connectivity index (χ3v) is 3.75. The van der Waals surface area contributed by atoms with Gasteiger partial charge < -0.3 is 4.90 Å². The molecule has 0 unspecified atom stereocenters. The van der Waals surface area contributed by atoms with Gasteiger partial charge in [0.15, 0.2) is 0 Å². The van der Waals surface area contributed by atoms with Crippen LogP contribution in [-0.2, 0) is 13.0 Å². The van der Waals surface area contributed by atoms with Gasteiger partial charge in [0.1, 0.15) is 11.3 Å². The number of benzene rings is 1. The summed E-state index contributed by atoms with van der Waals surface area (Å²) in [6.45, 7) is 2.61. The molecule has 3 aromatic rings. The van der Waals surface area contributed by atoms with E-state index in [1.54, 1.807) is 4.90 Å². The van der Waals surface area contributed by atoms with E-state index in [1.165, 1.54) is 0 Å². The lowest BCUT2D eigenvalue weighted by Gasteiger charge is -2.17. The molecule has 2 aromatic heterocycles. The Balaban J connectivity index is 1.94. The second-order valence-corrected chi connectivity index (χ2v) is 5.34. The summed E-state index contributed by atoms with van der Waals surface area (Å²) >= 11 is 0. The number of fused-ring (bicyclic) bond motifs is 1. The van der Waals surface area contributed by atoms with Gasteiger partial charge in [-0.05, 0) is 24.1 Å². The smallest absolute Gasteiger partial charge is 0.272 e. The minimum atomic E-state index is -0.000553. The van der Waals surface area contributed by atoms with Crippen LogP contribution in [-0.4, -0.2) is 27.2 Å².